The number of hydrogen-bond acceptors (Lipinski definition) is 1. The monoisotopic (exact) mass is 309 g/mol. The van der Waals surface area contributed by atoms with Gasteiger partial charge in [-0.25, -0.2) is 8.78 Å². The Morgan fingerprint density at radius 2 is 1.90 bits per heavy atom. The summed E-state index contributed by atoms with van der Waals surface area (Å²) in [6.07, 6.45) is 0.502. The van der Waals surface area contributed by atoms with E-state index < -0.39 is 17.5 Å². The molecule has 0 saturated carbocycles. The topological polar surface area (TPSA) is 29.1 Å². The van der Waals surface area contributed by atoms with Crippen molar-refractivity contribution in [3.8, 4) is 0 Å². The Kier molecular flexibility index (Phi) is 4.91. The van der Waals surface area contributed by atoms with Crippen molar-refractivity contribution in [2.45, 2.75) is 19.4 Å². The lowest BCUT2D eigenvalue weighted by molar-refractivity contribution is 0.0935. The maximum Gasteiger partial charge on any atom is 0.254 e. The van der Waals surface area contributed by atoms with Gasteiger partial charge in [-0.3, -0.25) is 4.79 Å². The van der Waals surface area contributed by atoms with E-state index in [0.29, 0.717) is 11.4 Å². The highest BCUT2D eigenvalue weighted by Crippen LogP contribution is 2.17. The highest BCUT2D eigenvalue weighted by Gasteiger charge is 2.17. The maximum absolute atomic E-state index is 13.5. The lowest BCUT2D eigenvalue weighted by atomic mass is 10.1. The average Bonchev–Trinajstić information content (AvgIpc) is 2.44. The molecular weight excluding hydrogens is 296 g/mol. The van der Waals surface area contributed by atoms with Gasteiger partial charge in [0.1, 0.15) is 0 Å². The first-order chi connectivity index (χ1) is 9.99. The van der Waals surface area contributed by atoms with Crippen molar-refractivity contribution in [3.63, 3.8) is 0 Å². The van der Waals surface area contributed by atoms with E-state index in [1.165, 1.54) is 12.1 Å². The molecule has 2 aromatic rings. The second-order valence-corrected chi connectivity index (χ2v) is 5.18. The molecule has 1 unspecified atom stereocenters. The molecular formula is C16H14ClF2NO. The minimum atomic E-state index is -1.14. The molecule has 2 nitrogen and oxygen atoms in total. The van der Waals surface area contributed by atoms with Gasteiger partial charge in [-0.15, -0.1) is 0 Å². The molecule has 0 spiro atoms. The van der Waals surface area contributed by atoms with Crippen molar-refractivity contribution in [1.29, 1.82) is 0 Å². The molecule has 0 saturated heterocycles. The van der Waals surface area contributed by atoms with Crippen molar-refractivity contribution in [2.24, 2.45) is 0 Å². The average molecular weight is 310 g/mol. The molecule has 21 heavy (non-hydrogen) atoms. The first-order valence-corrected chi connectivity index (χ1v) is 6.85. The largest absolute Gasteiger partial charge is 0.349 e. The second kappa shape index (κ2) is 6.68. The van der Waals surface area contributed by atoms with Crippen LogP contribution in [0.4, 0.5) is 8.78 Å². The van der Waals surface area contributed by atoms with E-state index in [9.17, 15) is 13.6 Å². The van der Waals surface area contributed by atoms with Crippen molar-refractivity contribution < 1.29 is 13.6 Å². The van der Waals surface area contributed by atoms with Gasteiger partial charge < -0.3 is 5.32 Å². The summed E-state index contributed by atoms with van der Waals surface area (Å²) >= 11 is 6.05. The fraction of sp³-hybridized carbons (Fsp3) is 0.188. The van der Waals surface area contributed by atoms with Gasteiger partial charge in [0.2, 0.25) is 0 Å². The van der Waals surface area contributed by atoms with E-state index in [2.05, 4.69) is 5.32 Å². The molecule has 0 aromatic heterocycles. The van der Waals surface area contributed by atoms with E-state index >= 15 is 0 Å². The molecule has 0 aliphatic rings. The zero-order valence-electron chi connectivity index (χ0n) is 11.4. The second-order valence-electron chi connectivity index (χ2n) is 4.77. The van der Waals surface area contributed by atoms with Crippen LogP contribution in [-0.2, 0) is 6.42 Å². The number of halogens is 3. The number of nitrogens with one attached hydrogen (secondary N) is 1. The molecule has 2 rings (SSSR count). The zero-order chi connectivity index (χ0) is 15.4. The highest BCUT2D eigenvalue weighted by atomic mass is 35.5. The van der Waals surface area contributed by atoms with Gasteiger partial charge in [0.25, 0.3) is 5.91 Å². The van der Waals surface area contributed by atoms with Crippen LogP contribution in [0.3, 0.4) is 0 Å². The number of amides is 1. The molecule has 1 N–H and O–H groups in total. The molecule has 0 bridgehead atoms. The van der Waals surface area contributed by atoms with Crippen LogP contribution >= 0.6 is 11.6 Å². The van der Waals surface area contributed by atoms with Crippen molar-refractivity contribution in [1.82, 2.24) is 5.32 Å². The highest BCUT2D eigenvalue weighted by molar-refractivity contribution is 6.31. The molecule has 0 heterocycles. The van der Waals surface area contributed by atoms with E-state index in [4.69, 9.17) is 11.6 Å². The van der Waals surface area contributed by atoms with Crippen molar-refractivity contribution in [2.75, 3.05) is 0 Å². The first-order valence-electron chi connectivity index (χ1n) is 6.47. The zero-order valence-corrected chi connectivity index (χ0v) is 12.1. The normalized spacial score (nSPS) is 12.0. The standard InChI is InChI=1S/C16H14ClF2NO/c1-10(9-11-5-2-3-7-13(11)17)20-16(21)12-6-4-8-14(18)15(12)19/h2-8,10H,9H2,1H3,(H,20,21). The van der Waals surface area contributed by atoms with E-state index in [-0.39, 0.29) is 11.6 Å². The predicted molar refractivity (Wildman–Crippen MR) is 78.4 cm³/mol. The third kappa shape index (κ3) is 3.79. The Hall–Kier alpha value is -1.94. The summed E-state index contributed by atoms with van der Waals surface area (Å²) in [5.74, 6) is -2.83. The lowest BCUT2D eigenvalue weighted by Crippen LogP contribution is -2.34. The fourth-order valence-electron chi connectivity index (χ4n) is 2.03. The minimum Gasteiger partial charge on any atom is -0.349 e. The summed E-state index contributed by atoms with van der Waals surface area (Å²) in [7, 11) is 0. The lowest BCUT2D eigenvalue weighted by Gasteiger charge is -2.15. The summed E-state index contributed by atoms with van der Waals surface area (Å²) in [5, 5.41) is 3.24. The van der Waals surface area contributed by atoms with E-state index in [0.717, 1.165) is 11.6 Å². The Labute approximate surface area is 126 Å². The Balaban J connectivity index is 2.06. The minimum absolute atomic E-state index is 0.264. The third-order valence-corrected chi connectivity index (χ3v) is 3.43. The molecule has 2 aromatic carbocycles. The van der Waals surface area contributed by atoms with Gasteiger partial charge in [-0.1, -0.05) is 35.9 Å². The van der Waals surface area contributed by atoms with Crippen LogP contribution in [0, 0.1) is 11.6 Å². The first kappa shape index (κ1) is 15.4. The Morgan fingerprint density at radius 3 is 2.62 bits per heavy atom. The van der Waals surface area contributed by atoms with Gasteiger partial charge in [0, 0.05) is 11.1 Å². The fourth-order valence-corrected chi connectivity index (χ4v) is 2.24. The summed E-state index contributed by atoms with van der Waals surface area (Å²) in [6, 6.07) is 10.5. The molecule has 0 fully saturated rings. The summed E-state index contributed by atoms with van der Waals surface area (Å²) in [5.41, 5.74) is 0.577. The number of benzene rings is 2. The molecule has 0 radical (unpaired) electrons. The van der Waals surface area contributed by atoms with Crippen LogP contribution in [0.15, 0.2) is 42.5 Å². The van der Waals surface area contributed by atoms with E-state index in [1.54, 1.807) is 13.0 Å². The van der Waals surface area contributed by atoms with Gasteiger partial charge >= 0.3 is 0 Å². The molecule has 5 heteroatoms. The quantitative estimate of drug-likeness (QED) is 0.909. The van der Waals surface area contributed by atoms with Crippen LogP contribution in [0.2, 0.25) is 5.02 Å². The Bertz CT molecular complexity index is 660. The number of hydrogen-bond donors (Lipinski definition) is 1. The summed E-state index contributed by atoms with van der Waals surface area (Å²) in [4.78, 5) is 12.0. The predicted octanol–water partition coefficient (Wildman–Crippen LogP) is 3.98. The van der Waals surface area contributed by atoms with Crippen molar-refractivity contribution in [3.05, 3.63) is 70.2 Å². The molecule has 1 atom stereocenters. The van der Waals surface area contributed by atoms with Crippen LogP contribution in [0.5, 0.6) is 0 Å². The van der Waals surface area contributed by atoms with Crippen LogP contribution in [0.1, 0.15) is 22.8 Å². The van der Waals surface area contributed by atoms with Crippen molar-refractivity contribution >= 4 is 17.5 Å². The third-order valence-electron chi connectivity index (χ3n) is 3.06. The van der Waals surface area contributed by atoms with Crippen LogP contribution < -0.4 is 5.32 Å². The summed E-state index contributed by atoms with van der Waals surface area (Å²) in [6.45, 7) is 1.78. The molecule has 110 valence electrons. The molecule has 0 aliphatic carbocycles. The number of carbonyl (C=O) groups excluding carboxylic acids is 1. The Morgan fingerprint density at radius 1 is 1.19 bits per heavy atom. The van der Waals surface area contributed by atoms with Crippen LogP contribution in [0.25, 0.3) is 0 Å². The number of carbonyl (C=O) groups is 1. The smallest absolute Gasteiger partial charge is 0.254 e. The van der Waals surface area contributed by atoms with Crippen LogP contribution in [-0.4, -0.2) is 11.9 Å². The molecule has 0 aliphatic heterocycles. The van der Waals surface area contributed by atoms with Gasteiger partial charge in [0.15, 0.2) is 11.6 Å². The van der Waals surface area contributed by atoms with Gasteiger partial charge in [0.05, 0.1) is 5.56 Å². The SMILES string of the molecule is CC(Cc1ccccc1Cl)NC(=O)c1cccc(F)c1F. The van der Waals surface area contributed by atoms with Gasteiger partial charge in [-0.05, 0) is 37.1 Å². The summed E-state index contributed by atoms with van der Waals surface area (Å²) < 4.78 is 26.6. The maximum atomic E-state index is 13.5. The molecule has 1 amide bonds. The number of rotatable bonds is 4. The van der Waals surface area contributed by atoms with E-state index in [1.807, 2.05) is 18.2 Å². The van der Waals surface area contributed by atoms with Gasteiger partial charge in [-0.2, -0.15) is 0 Å².